The van der Waals surface area contributed by atoms with Crippen molar-refractivity contribution in [2.24, 2.45) is 5.73 Å². The number of hydrogen-bond donors (Lipinski definition) is 1. The lowest BCUT2D eigenvalue weighted by atomic mass is 9.83. The monoisotopic (exact) mass is 536 g/mol. The average molecular weight is 537 g/mol. The number of ether oxygens (including phenoxy) is 4. The Hall–Kier alpha value is -4.12. The van der Waals surface area contributed by atoms with Gasteiger partial charge < -0.3 is 24.7 Å². The van der Waals surface area contributed by atoms with Crippen molar-refractivity contribution >= 4 is 29.2 Å². The summed E-state index contributed by atoms with van der Waals surface area (Å²) in [5.41, 5.74) is 8.03. The van der Waals surface area contributed by atoms with E-state index in [0.29, 0.717) is 36.0 Å². The lowest BCUT2D eigenvalue weighted by Crippen LogP contribution is -2.21. The largest absolute Gasteiger partial charge is 0.491 e. The second-order valence-corrected chi connectivity index (χ2v) is 8.70. The Morgan fingerprint density at radius 1 is 1.11 bits per heavy atom. The molecule has 0 spiro atoms. The summed E-state index contributed by atoms with van der Waals surface area (Å²) in [5.74, 6) is 0.368. The van der Waals surface area contributed by atoms with Gasteiger partial charge in [0.2, 0.25) is 5.88 Å². The van der Waals surface area contributed by atoms with Crippen LogP contribution in [0.25, 0.3) is 0 Å². The fourth-order valence-corrected chi connectivity index (χ4v) is 4.48. The third kappa shape index (κ3) is 5.51. The predicted molar refractivity (Wildman–Crippen MR) is 140 cm³/mol. The molecular weight excluding hydrogens is 515 g/mol. The number of nitrogens with zero attached hydrogens (tertiary/aromatic N) is 1. The third-order valence-corrected chi connectivity index (χ3v) is 6.07. The zero-order chi connectivity index (χ0) is 26.5. The maximum Gasteiger partial charge on any atom is 0.343 e. The number of carbonyl (C=O) groups is 1. The molecule has 0 radical (unpaired) electrons. The number of halogens is 2. The van der Waals surface area contributed by atoms with E-state index in [2.05, 4.69) is 12.6 Å². The minimum Gasteiger partial charge on any atom is -0.491 e. The van der Waals surface area contributed by atoms with Gasteiger partial charge in [0.25, 0.3) is 0 Å². The molecule has 0 saturated heterocycles. The summed E-state index contributed by atoms with van der Waals surface area (Å²) in [6.07, 6.45) is 1.66. The number of carbonyl (C=O) groups excluding carboxylic acids is 1. The van der Waals surface area contributed by atoms with E-state index in [0.717, 1.165) is 5.56 Å². The first-order chi connectivity index (χ1) is 17.9. The molecule has 0 aromatic heterocycles. The molecule has 7 nitrogen and oxygen atoms in total. The summed E-state index contributed by atoms with van der Waals surface area (Å²) < 4.78 is 22.2. The third-order valence-electron chi connectivity index (χ3n) is 5.51. The number of nitriles is 1. The van der Waals surface area contributed by atoms with Gasteiger partial charge in [-0.1, -0.05) is 54.1 Å². The van der Waals surface area contributed by atoms with Gasteiger partial charge >= 0.3 is 5.97 Å². The molecule has 0 amide bonds. The van der Waals surface area contributed by atoms with Gasteiger partial charge in [0, 0.05) is 11.6 Å². The van der Waals surface area contributed by atoms with Crippen LogP contribution in [-0.4, -0.2) is 19.2 Å². The van der Waals surface area contributed by atoms with Gasteiger partial charge in [-0.15, -0.1) is 0 Å². The number of benzene rings is 3. The smallest absolute Gasteiger partial charge is 0.343 e. The van der Waals surface area contributed by atoms with E-state index in [1.54, 1.807) is 31.2 Å². The number of allylic oxidation sites excluding steroid dienone is 1. The zero-order valence-electron chi connectivity index (χ0n) is 19.8. The summed E-state index contributed by atoms with van der Waals surface area (Å²) in [6, 6.07) is 17.2. The van der Waals surface area contributed by atoms with Crippen LogP contribution in [-0.2, 0) is 0 Å². The fraction of sp³-hybridized carbons (Fsp3) is 0.143. The average Bonchev–Trinajstić information content (AvgIpc) is 2.89. The van der Waals surface area contributed by atoms with Crippen LogP contribution in [0.15, 0.2) is 78.7 Å². The SMILES string of the molecule is C=CCOc1ccc(C2C(C#N)=C(N)Oc3cc(OC(=O)c4cc(Cl)c(OCC)c(Cl)c4)ccc32)cc1. The highest BCUT2D eigenvalue weighted by molar-refractivity contribution is 6.37. The molecular formula is C28H22Cl2N2O5. The van der Waals surface area contributed by atoms with Crippen LogP contribution in [0.3, 0.4) is 0 Å². The lowest BCUT2D eigenvalue weighted by molar-refractivity contribution is 0.0734. The van der Waals surface area contributed by atoms with E-state index in [1.165, 1.54) is 12.1 Å². The Labute approximate surface area is 224 Å². The molecule has 188 valence electrons. The van der Waals surface area contributed by atoms with Crippen LogP contribution < -0.4 is 24.7 Å². The molecule has 0 bridgehead atoms. The number of hydrogen-bond acceptors (Lipinski definition) is 7. The second-order valence-electron chi connectivity index (χ2n) is 7.88. The molecule has 3 aromatic rings. The summed E-state index contributed by atoms with van der Waals surface area (Å²) in [4.78, 5) is 12.8. The Balaban J connectivity index is 1.62. The minimum atomic E-state index is -0.671. The molecule has 0 saturated carbocycles. The van der Waals surface area contributed by atoms with Crippen molar-refractivity contribution < 1.29 is 23.7 Å². The second kappa shape index (κ2) is 11.3. The van der Waals surface area contributed by atoms with Crippen LogP contribution >= 0.6 is 23.2 Å². The van der Waals surface area contributed by atoms with Crippen LogP contribution in [0.5, 0.6) is 23.0 Å². The van der Waals surface area contributed by atoms with Crippen molar-refractivity contribution in [2.45, 2.75) is 12.8 Å². The van der Waals surface area contributed by atoms with Gasteiger partial charge in [-0.05, 0) is 42.8 Å². The van der Waals surface area contributed by atoms with E-state index < -0.39 is 11.9 Å². The highest BCUT2D eigenvalue weighted by Gasteiger charge is 2.31. The zero-order valence-corrected chi connectivity index (χ0v) is 21.3. The number of esters is 1. The van der Waals surface area contributed by atoms with Gasteiger partial charge in [0.05, 0.1) is 28.1 Å². The summed E-state index contributed by atoms with van der Waals surface area (Å²) in [6.45, 7) is 6.19. The highest BCUT2D eigenvalue weighted by atomic mass is 35.5. The molecule has 4 rings (SSSR count). The van der Waals surface area contributed by atoms with Gasteiger partial charge in [0.15, 0.2) is 5.75 Å². The highest BCUT2D eigenvalue weighted by Crippen LogP contribution is 2.44. The van der Waals surface area contributed by atoms with Crippen LogP contribution in [0, 0.1) is 11.3 Å². The van der Waals surface area contributed by atoms with E-state index in [-0.39, 0.29) is 32.8 Å². The Bertz CT molecular complexity index is 1400. The molecule has 1 aliphatic rings. The molecule has 1 atom stereocenters. The Morgan fingerprint density at radius 3 is 2.41 bits per heavy atom. The standard InChI is InChI=1S/C28H22Cl2N2O5/c1-3-11-35-18-7-5-16(6-8-18)25-20-10-9-19(14-24(20)37-27(32)21(25)15-31)36-28(33)17-12-22(29)26(34-4-2)23(30)13-17/h3,5-10,12-14,25H,1,4,11,32H2,2H3. The molecule has 9 heteroatoms. The predicted octanol–water partition coefficient (Wildman–Crippen LogP) is 6.39. The topological polar surface area (TPSA) is 104 Å². The van der Waals surface area contributed by atoms with Crippen molar-refractivity contribution in [1.82, 2.24) is 0 Å². The van der Waals surface area contributed by atoms with Crippen LogP contribution in [0.1, 0.15) is 34.3 Å². The molecule has 1 heterocycles. The molecule has 0 aliphatic carbocycles. The van der Waals surface area contributed by atoms with Crippen LogP contribution in [0.2, 0.25) is 10.0 Å². The number of nitrogens with two attached hydrogens (primary N) is 1. The molecule has 1 aliphatic heterocycles. The van der Waals surface area contributed by atoms with Crippen molar-refractivity contribution in [3.63, 3.8) is 0 Å². The molecule has 0 fully saturated rings. The van der Waals surface area contributed by atoms with Gasteiger partial charge in [-0.3, -0.25) is 0 Å². The van der Waals surface area contributed by atoms with Crippen molar-refractivity contribution in [2.75, 3.05) is 13.2 Å². The van der Waals surface area contributed by atoms with Crippen LogP contribution in [0.4, 0.5) is 0 Å². The van der Waals surface area contributed by atoms with E-state index in [9.17, 15) is 10.1 Å². The Morgan fingerprint density at radius 2 is 1.78 bits per heavy atom. The number of rotatable bonds is 8. The summed E-state index contributed by atoms with van der Waals surface area (Å²) in [5, 5.41) is 10.2. The van der Waals surface area contributed by atoms with E-state index in [1.807, 2.05) is 24.3 Å². The van der Waals surface area contributed by atoms with Gasteiger partial charge in [-0.2, -0.15) is 5.26 Å². The maximum absolute atomic E-state index is 12.8. The van der Waals surface area contributed by atoms with E-state index >= 15 is 0 Å². The Kier molecular flexibility index (Phi) is 7.92. The summed E-state index contributed by atoms with van der Waals surface area (Å²) in [7, 11) is 0. The van der Waals surface area contributed by atoms with Crippen molar-refractivity contribution in [1.29, 1.82) is 5.26 Å². The first-order valence-corrected chi connectivity index (χ1v) is 12.0. The molecule has 37 heavy (non-hydrogen) atoms. The van der Waals surface area contributed by atoms with E-state index in [4.69, 9.17) is 47.9 Å². The van der Waals surface area contributed by atoms with Gasteiger partial charge in [-0.25, -0.2) is 4.79 Å². The maximum atomic E-state index is 12.8. The fourth-order valence-electron chi connectivity index (χ4n) is 3.88. The van der Waals surface area contributed by atoms with Crippen molar-refractivity contribution in [3.8, 4) is 29.1 Å². The van der Waals surface area contributed by atoms with Gasteiger partial charge in [0.1, 0.15) is 35.5 Å². The first-order valence-electron chi connectivity index (χ1n) is 11.3. The minimum absolute atomic E-state index is 0.0273. The van der Waals surface area contributed by atoms with Crippen molar-refractivity contribution in [3.05, 3.63) is 105 Å². The summed E-state index contributed by atoms with van der Waals surface area (Å²) >= 11 is 12.4. The lowest BCUT2D eigenvalue weighted by Gasteiger charge is -2.26. The molecule has 3 aromatic carbocycles. The normalized spacial score (nSPS) is 14.2. The number of fused-ring (bicyclic) bond motifs is 1. The molecule has 1 unspecified atom stereocenters. The molecule has 2 N–H and O–H groups in total. The quantitative estimate of drug-likeness (QED) is 0.202. The first kappa shape index (κ1) is 26.0.